The van der Waals surface area contributed by atoms with Gasteiger partial charge in [-0.2, -0.15) is 0 Å². The topological polar surface area (TPSA) is 141 Å². The molecule has 3 rings (SSSR count). The van der Waals surface area contributed by atoms with E-state index >= 15 is 0 Å². The smallest absolute Gasteiger partial charge is 0.328 e. The number of rotatable bonds is 9. The van der Waals surface area contributed by atoms with Gasteiger partial charge < -0.3 is 34.5 Å². The van der Waals surface area contributed by atoms with Gasteiger partial charge in [0, 0.05) is 6.07 Å². The molecule has 1 aliphatic rings. The summed E-state index contributed by atoms with van der Waals surface area (Å²) in [5, 5.41) is 20.6. The van der Waals surface area contributed by atoms with E-state index in [0.29, 0.717) is 22.6 Å². The number of aliphatic carboxylic acids is 1. The lowest BCUT2D eigenvalue weighted by molar-refractivity contribution is -0.145. The minimum absolute atomic E-state index is 0.105. The highest BCUT2D eigenvalue weighted by Crippen LogP contribution is 2.36. The average molecular weight is 457 g/mol. The van der Waals surface area contributed by atoms with Gasteiger partial charge >= 0.3 is 5.97 Å². The van der Waals surface area contributed by atoms with Crippen LogP contribution in [0.2, 0.25) is 0 Å². The van der Waals surface area contributed by atoms with Crippen molar-refractivity contribution < 1.29 is 43.5 Å². The fourth-order valence-corrected chi connectivity index (χ4v) is 3.10. The number of carbonyl (C=O) groups is 3. The maximum atomic E-state index is 12.7. The number of methoxy groups -OCH3 is 2. The normalized spacial score (nSPS) is 15.3. The zero-order valence-corrected chi connectivity index (χ0v) is 18.2. The Morgan fingerprint density at radius 2 is 1.85 bits per heavy atom. The molecule has 1 heterocycles. The number of fused-ring (bicyclic) bond motifs is 1. The summed E-state index contributed by atoms with van der Waals surface area (Å²) in [6.45, 7) is 0.763. The average Bonchev–Trinajstić information content (AvgIpc) is 3.09. The highest BCUT2D eigenvalue weighted by molar-refractivity contribution is 6.14. The predicted molar refractivity (Wildman–Crippen MR) is 116 cm³/mol. The van der Waals surface area contributed by atoms with Gasteiger partial charge in [0.25, 0.3) is 5.91 Å². The molecule has 2 aromatic rings. The molecule has 0 saturated carbocycles. The number of ketones is 1. The zero-order chi connectivity index (χ0) is 24.1. The summed E-state index contributed by atoms with van der Waals surface area (Å²) in [4.78, 5) is 35.7. The Morgan fingerprint density at radius 1 is 1.12 bits per heavy atom. The minimum Gasteiger partial charge on any atom is -0.493 e. The van der Waals surface area contributed by atoms with Crippen LogP contribution in [0.15, 0.2) is 42.2 Å². The molecule has 1 amide bonds. The second kappa shape index (κ2) is 10.0. The molecule has 0 aromatic heterocycles. The van der Waals surface area contributed by atoms with Crippen molar-refractivity contribution in [3.63, 3.8) is 0 Å². The molecule has 0 fully saturated rings. The van der Waals surface area contributed by atoms with E-state index in [4.69, 9.17) is 24.1 Å². The third-order valence-electron chi connectivity index (χ3n) is 4.78. The highest BCUT2D eigenvalue weighted by Gasteiger charge is 2.28. The molecule has 174 valence electrons. The van der Waals surface area contributed by atoms with Gasteiger partial charge in [-0.3, -0.25) is 9.59 Å². The number of hydrogen-bond donors (Lipinski definition) is 3. The van der Waals surface area contributed by atoms with Crippen molar-refractivity contribution in [1.29, 1.82) is 0 Å². The number of benzene rings is 2. The van der Waals surface area contributed by atoms with Crippen molar-refractivity contribution in [3.05, 3.63) is 53.3 Å². The number of aliphatic hydroxyl groups is 1. The Labute approximate surface area is 189 Å². The SMILES string of the molecule is COc1ccc(C=C2Oc3cc(OCC(=O)NC(C(=O)O)C(C)O)ccc3C2=O)cc1OC. The first-order valence-corrected chi connectivity index (χ1v) is 9.86. The number of amides is 1. The number of Topliss-reactive ketones (excluding diaryl/α,β-unsaturated/α-hetero) is 1. The molecule has 3 N–H and O–H groups in total. The summed E-state index contributed by atoms with van der Waals surface area (Å²) in [5.41, 5.74) is 1.00. The van der Waals surface area contributed by atoms with Crippen LogP contribution in [0.5, 0.6) is 23.0 Å². The number of carboxylic acids is 1. The second-order valence-electron chi connectivity index (χ2n) is 7.12. The summed E-state index contributed by atoms with van der Waals surface area (Å²) in [6.07, 6.45) is 0.294. The Hall–Kier alpha value is -4.05. The number of aliphatic hydroxyl groups excluding tert-OH is 1. The first kappa shape index (κ1) is 23.6. The van der Waals surface area contributed by atoms with E-state index in [9.17, 15) is 19.5 Å². The van der Waals surface area contributed by atoms with Gasteiger partial charge in [0.2, 0.25) is 5.78 Å². The van der Waals surface area contributed by atoms with Gasteiger partial charge in [-0.15, -0.1) is 0 Å². The molecule has 0 aliphatic carbocycles. The Bertz CT molecular complexity index is 1110. The van der Waals surface area contributed by atoms with Crippen LogP contribution in [0.25, 0.3) is 6.08 Å². The predicted octanol–water partition coefficient (Wildman–Crippen LogP) is 1.65. The molecular weight excluding hydrogens is 434 g/mol. The molecule has 33 heavy (non-hydrogen) atoms. The lowest BCUT2D eigenvalue weighted by atomic mass is 10.1. The molecule has 0 saturated heterocycles. The molecule has 2 atom stereocenters. The van der Waals surface area contributed by atoms with Gasteiger partial charge in [0.15, 0.2) is 29.9 Å². The summed E-state index contributed by atoms with van der Waals surface area (Å²) in [5.74, 6) is -0.741. The molecule has 2 aromatic carbocycles. The molecule has 1 aliphatic heterocycles. The van der Waals surface area contributed by atoms with E-state index in [0.717, 1.165) is 0 Å². The van der Waals surface area contributed by atoms with Crippen molar-refractivity contribution in [2.45, 2.75) is 19.1 Å². The van der Waals surface area contributed by atoms with Crippen molar-refractivity contribution in [1.82, 2.24) is 5.32 Å². The van der Waals surface area contributed by atoms with E-state index in [1.807, 2.05) is 0 Å². The molecule has 0 spiro atoms. The molecular formula is C23H23NO9. The fourth-order valence-electron chi connectivity index (χ4n) is 3.10. The summed E-state index contributed by atoms with van der Waals surface area (Å²) >= 11 is 0. The quantitative estimate of drug-likeness (QED) is 0.479. The molecule has 0 bridgehead atoms. The van der Waals surface area contributed by atoms with E-state index in [2.05, 4.69) is 5.32 Å². The van der Waals surface area contributed by atoms with Crippen molar-refractivity contribution >= 4 is 23.7 Å². The molecule has 10 nitrogen and oxygen atoms in total. The van der Waals surface area contributed by atoms with Crippen molar-refractivity contribution in [2.24, 2.45) is 0 Å². The molecule has 2 unspecified atom stereocenters. The van der Waals surface area contributed by atoms with Crippen molar-refractivity contribution in [2.75, 3.05) is 20.8 Å². The van der Waals surface area contributed by atoms with Gasteiger partial charge in [0.05, 0.1) is 25.9 Å². The van der Waals surface area contributed by atoms with Crippen LogP contribution in [0.1, 0.15) is 22.8 Å². The van der Waals surface area contributed by atoms with Gasteiger partial charge in [0.1, 0.15) is 11.5 Å². The Balaban J connectivity index is 1.69. The minimum atomic E-state index is -1.45. The standard InChI is InChI=1S/C23H23NO9/c1-12(25)21(23(28)29)24-20(26)11-32-14-5-6-15-17(10-14)33-19(22(15)27)9-13-4-7-16(30-2)18(8-13)31-3/h4-10,12,21,25H,11H2,1-3H3,(H,24,26)(H,28,29). The second-order valence-corrected chi connectivity index (χ2v) is 7.12. The summed E-state index contributed by atoms with van der Waals surface area (Å²) in [6, 6.07) is 8.17. The van der Waals surface area contributed by atoms with Crippen molar-refractivity contribution in [3.8, 4) is 23.0 Å². The van der Waals surface area contributed by atoms with Gasteiger partial charge in [-0.05, 0) is 42.8 Å². The van der Waals surface area contributed by atoms with Gasteiger partial charge in [-0.25, -0.2) is 4.79 Å². The number of ether oxygens (including phenoxy) is 4. The van der Waals surface area contributed by atoms with Gasteiger partial charge in [-0.1, -0.05) is 6.07 Å². The Kier molecular flexibility index (Phi) is 7.19. The monoisotopic (exact) mass is 457 g/mol. The lowest BCUT2D eigenvalue weighted by Crippen LogP contribution is -2.49. The largest absolute Gasteiger partial charge is 0.493 e. The molecule has 0 radical (unpaired) electrons. The number of allylic oxidation sites excluding steroid dienone is 1. The number of nitrogens with one attached hydrogen (secondary N) is 1. The van der Waals surface area contributed by atoms with Crippen LogP contribution < -0.4 is 24.3 Å². The van der Waals surface area contributed by atoms with E-state index in [1.54, 1.807) is 24.3 Å². The van der Waals surface area contributed by atoms with Crippen LogP contribution in [0, 0.1) is 0 Å². The first-order valence-electron chi connectivity index (χ1n) is 9.86. The van der Waals surface area contributed by atoms with E-state index in [1.165, 1.54) is 39.3 Å². The maximum Gasteiger partial charge on any atom is 0.328 e. The first-order chi connectivity index (χ1) is 15.7. The number of carboxylic acid groups (broad SMARTS) is 1. The van der Waals surface area contributed by atoms with E-state index < -0.39 is 30.6 Å². The third-order valence-corrected chi connectivity index (χ3v) is 4.78. The van der Waals surface area contributed by atoms with Crippen LogP contribution in [-0.2, 0) is 9.59 Å². The maximum absolute atomic E-state index is 12.7. The summed E-state index contributed by atoms with van der Waals surface area (Å²) in [7, 11) is 3.03. The number of carbonyl (C=O) groups excluding carboxylic acids is 2. The van der Waals surface area contributed by atoms with Crippen LogP contribution in [0.4, 0.5) is 0 Å². The van der Waals surface area contributed by atoms with Crippen LogP contribution >= 0.6 is 0 Å². The zero-order valence-electron chi connectivity index (χ0n) is 18.2. The van der Waals surface area contributed by atoms with Crippen LogP contribution in [0.3, 0.4) is 0 Å². The van der Waals surface area contributed by atoms with E-state index in [-0.39, 0.29) is 23.0 Å². The lowest BCUT2D eigenvalue weighted by Gasteiger charge is -2.17. The molecule has 10 heteroatoms. The number of hydrogen-bond acceptors (Lipinski definition) is 8. The third kappa shape index (κ3) is 5.42. The summed E-state index contributed by atoms with van der Waals surface area (Å²) < 4.78 is 21.5. The van der Waals surface area contributed by atoms with Crippen LogP contribution in [-0.4, -0.2) is 60.8 Å². The highest BCUT2D eigenvalue weighted by atomic mass is 16.5. The fraction of sp³-hybridized carbons (Fsp3) is 0.261. The Morgan fingerprint density at radius 3 is 2.48 bits per heavy atom.